The Labute approximate surface area is 85.8 Å². The summed E-state index contributed by atoms with van der Waals surface area (Å²) in [6.45, 7) is 7.02. The maximum absolute atomic E-state index is 5.74. The smallest absolute Gasteiger partial charge is 0.0733 e. The van der Waals surface area contributed by atoms with E-state index in [-0.39, 0.29) is 5.60 Å². The molecule has 76 valence electrons. The maximum Gasteiger partial charge on any atom is 0.0733 e. The minimum atomic E-state index is -0.0498. The fourth-order valence-corrected chi connectivity index (χ4v) is 1.59. The Kier molecular flexibility index (Phi) is 2.98. The van der Waals surface area contributed by atoms with Crippen LogP contribution in [-0.4, -0.2) is 17.2 Å². The van der Waals surface area contributed by atoms with Gasteiger partial charge in [0.1, 0.15) is 0 Å². The summed E-state index contributed by atoms with van der Waals surface area (Å²) in [7, 11) is 0. The van der Waals surface area contributed by atoms with Gasteiger partial charge in [-0.05, 0) is 33.6 Å². The monoisotopic (exact) mass is 201 g/mol. The van der Waals surface area contributed by atoms with E-state index in [9.17, 15) is 0 Å². The molecule has 0 aliphatic heterocycles. The van der Waals surface area contributed by atoms with Crippen molar-refractivity contribution in [1.29, 1.82) is 0 Å². The Balaban J connectivity index is 2.32. The average molecular weight is 201 g/mol. The van der Waals surface area contributed by atoms with Gasteiger partial charge in [0.25, 0.3) is 0 Å². The van der Waals surface area contributed by atoms with Crippen LogP contribution < -0.4 is 5.73 Å². The van der Waals surface area contributed by atoms with Crippen LogP contribution in [0, 0.1) is 5.41 Å². The van der Waals surface area contributed by atoms with E-state index in [1.165, 1.54) is 12.8 Å². The summed E-state index contributed by atoms with van der Waals surface area (Å²) >= 11 is 4.91. The number of ether oxygens (including phenoxy) is 1. The summed E-state index contributed by atoms with van der Waals surface area (Å²) < 4.78 is 5.74. The zero-order valence-electron chi connectivity index (χ0n) is 8.72. The van der Waals surface area contributed by atoms with Gasteiger partial charge in [-0.3, -0.25) is 0 Å². The van der Waals surface area contributed by atoms with Crippen LogP contribution in [0.1, 0.15) is 40.0 Å². The highest BCUT2D eigenvalue weighted by atomic mass is 32.1. The normalized spacial score (nSPS) is 19.9. The molecule has 2 nitrogen and oxygen atoms in total. The molecule has 0 heterocycles. The van der Waals surface area contributed by atoms with Crippen molar-refractivity contribution < 1.29 is 4.74 Å². The van der Waals surface area contributed by atoms with E-state index in [0.29, 0.717) is 10.4 Å². The van der Waals surface area contributed by atoms with E-state index < -0.39 is 0 Å². The van der Waals surface area contributed by atoms with Gasteiger partial charge < -0.3 is 10.5 Å². The van der Waals surface area contributed by atoms with Crippen LogP contribution in [0.4, 0.5) is 0 Å². The lowest BCUT2D eigenvalue weighted by molar-refractivity contribution is -0.0266. The van der Waals surface area contributed by atoms with Crippen molar-refractivity contribution in [3.63, 3.8) is 0 Å². The molecule has 0 radical (unpaired) electrons. The van der Waals surface area contributed by atoms with E-state index in [4.69, 9.17) is 22.7 Å². The molecule has 1 saturated carbocycles. The lowest BCUT2D eigenvalue weighted by Gasteiger charge is -2.23. The first-order valence-electron chi connectivity index (χ1n) is 4.75. The molecule has 0 aromatic heterocycles. The van der Waals surface area contributed by atoms with Gasteiger partial charge in [-0.2, -0.15) is 0 Å². The highest BCUT2D eigenvalue weighted by Gasteiger charge is 2.43. The van der Waals surface area contributed by atoms with Crippen molar-refractivity contribution in [3.8, 4) is 0 Å². The number of thiocarbonyl (C=S) groups is 1. The molecule has 13 heavy (non-hydrogen) atoms. The zero-order valence-corrected chi connectivity index (χ0v) is 9.54. The third kappa shape index (κ3) is 4.05. The summed E-state index contributed by atoms with van der Waals surface area (Å²) in [5.74, 6) is 0. The topological polar surface area (TPSA) is 35.2 Å². The molecule has 0 aromatic rings. The molecule has 0 saturated heterocycles. The molecule has 1 aliphatic carbocycles. The van der Waals surface area contributed by atoms with Crippen LogP contribution in [0.2, 0.25) is 0 Å². The Bertz CT molecular complexity index is 203. The predicted molar refractivity (Wildman–Crippen MR) is 58.8 cm³/mol. The summed E-state index contributed by atoms with van der Waals surface area (Å²) in [5, 5.41) is 0. The van der Waals surface area contributed by atoms with Gasteiger partial charge >= 0.3 is 0 Å². The Morgan fingerprint density at radius 2 is 2.00 bits per heavy atom. The molecule has 0 spiro atoms. The van der Waals surface area contributed by atoms with Crippen LogP contribution in [0.3, 0.4) is 0 Å². The molecular weight excluding hydrogens is 182 g/mol. The summed E-state index contributed by atoms with van der Waals surface area (Å²) in [5.41, 5.74) is 5.77. The SMILES string of the molecule is CC(C)(C)OCC1(CC(N)=S)CC1. The minimum Gasteiger partial charge on any atom is -0.393 e. The highest BCUT2D eigenvalue weighted by molar-refractivity contribution is 7.80. The van der Waals surface area contributed by atoms with Gasteiger partial charge in [0.15, 0.2) is 0 Å². The lowest BCUT2D eigenvalue weighted by atomic mass is 10.0. The number of rotatable bonds is 4. The molecule has 2 N–H and O–H groups in total. The molecule has 1 rings (SSSR count). The van der Waals surface area contributed by atoms with Gasteiger partial charge in [-0.1, -0.05) is 12.2 Å². The third-order valence-corrected chi connectivity index (χ3v) is 2.46. The minimum absolute atomic E-state index is 0.0498. The van der Waals surface area contributed by atoms with Crippen LogP contribution in [0.5, 0.6) is 0 Å². The number of nitrogens with two attached hydrogens (primary N) is 1. The molecule has 0 unspecified atom stereocenters. The lowest BCUT2D eigenvalue weighted by Crippen LogP contribution is -2.26. The number of hydrogen-bond donors (Lipinski definition) is 1. The summed E-state index contributed by atoms with van der Waals surface area (Å²) in [4.78, 5) is 0.620. The van der Waals surface area contributed by atoms with Crippen molar-refractivity contribution in [2.45, 2.75) is 45.6 Å². The molecule has 0 aromatic carbocycles. The van der Waals surface area contributed by atoms with Crippen LogP contribution in [0.25, 0.3) is 0 Å². The van der Waals surface area contributed by atoms with Crippen LogP contribution in [-0.2, 0) is 4.74 Å². The van der Waals surface area contributed by atoms with E-state index >= 15 is 0 Å². The average Bonchev–Trinajstić information content (AvgIpc) is 2.63. The second kappa shape index (κ2) is 3.54. The van der Waals surface area contributed by atoms with E-state index in [1.807, 2.05) is 0 Å². The second-order valence-electron chi connectivity index (χ2n) is 5.04. The van der Waals surface area contributed by atoms with Crippen molar-refractivity contribution in [1.82, 2.24) is 0 Å². The van der Waals surface area contributed by atoms with Gasteiger partial charge in [-0.25, -0.2) is 0 Å². The molecule has 0 atom stereocenters. The fourth-order valence-electron chi connectivity index (χ4n) is 1.29. The van der Waals surface area contributed by atoms with Gasteiger partial charge in [-0.15, -0.1) is 0 Å². The molecule has 3 heteroatoms. The second-order valence-corrected chi connectivity index (χ2v) is 5.57. The van der Waals surface area contributed by atoms with Gasteiger partial charge in [0, 0.05) is 11.8 Å². The Hall–Kier alpha value is -0.150. The summed E-state index contributed by atoms with van der Waals surface area (Å²) in [6.07, 6.45) is 3.26. The highest BCUT2D eigenvalue weighted by Crippen LogP contribution is 2.49. The predicted octanol–water partition coefficient (Wildman–Crippen LogP) is 2.26. The van der Waals surface area contributed by atoms with E-state index in [1.54, 1.807) is 0 Å². The van der Waals surface area contributed by atoms with Crippen LogP contribution >= 0.6 is 12.2 Å². The van der Waals surface area contributed by atoms with Crippen LogP contribution in [0.15, 0.2) is 0 Å². The van der Waals surface area contributed by atoms with E-state index in [2.05, 4.69) is 20.8 Å². The molecule has 0 amide bonds. The molecule has 0 bridgehead atoms. The maximum atomic E-state index is 5.74. The Morgan fingerprint density at radius 3 is 2.31 bits per heavy atom. The third-order valence-electron chi connectivity index (χ3n) is 2.32. The van der Waals surface area contributed by atoms with Crippen molar-refractivity contribution >= 4 is 17.2 Å². The van der Waals surface area contributed by atoms with Crippen molar-refractivity contribution in [2.24, 2.45) is 11.1 Å². The van der Waals surface area contributed by atoms with Gasteiger partial charge in [0.05, 0.1) is 17.2 Å². The molecule has 1 aliphatic rings. The first-order valence-corrected chi connectivity index (χ1v) is 5.16. The van der Waals surface area contributed by atoms with Gasteiger partial charge in [0.2, 0.25) is 0 Å². The summed E-state index contributed by atoms with van der Waals surface area (Å²) in [6, 6.07) is 0. The molecule has 1 fully saturated rings. The van der Waals surface area contributed by atoms with Crippen molar-refractivity contribution in [3.05, 3.63) is 0 Å². The first-order chi connectivity index (χ1) is 5.83. The number of hydrogen-bond acceptors (Lipinski definition) is 2. The quantitative estimate of drug-likeness (QED) is 0.709. The fraction of sp³-hybridized carbons (Fsp3) is 0.900. The van der Waals surface area contributed by atoms with Crippen molar-refractivity contribution in [2.75, 3.05) is 6.61 Å². The molecular formula is C10H19NOS. The zero-order chi connectivity index (χ0) is 10.1. The largest absolute Gasteiger partial charge is 0.393 e. The standard InChI is InChI=1S/C10H19NOS/c1-9(2,3)12-7-10(4-5-10)6-8(11)13/h4-7H2,1-3H3,(H2,11,13). The van der Waals surface area contributed by atoms with E-state index in [0.717, 1.165) is 13.0 Å². The first kappa shape index (κ1) is 10.9. The Morgan fingerprint density at radius 1 is 1.46 bits per heavy atom.